The van der Waals surface area contributed by atoms with Gasteiger partial charge in [-0.25, -0.2) is 0 Å². The maximum absolute atomic E-state index is 5.79. The van der Waals surface area contributed by atoms with E-state index in [1.54, 1.807) is 0 Å². The lowest BCUT2D eigenvalue weighted by atomic mass is 9.84. The van der Waals surface area contributed by atoms with Crippen molar-refractivity contribution in [2.45, 2.75) is 25.7 Å². The Bertz CT molecular complexity index is 139. The lowest BCUT2D eigenvalue weighted by Gasteiger charge is -2.29. The number of rotatable bonds is 3. The predicted octanol–water partition coefficient (Wildman–Crippen LogP) is 1.40. The molecule has 0 amide bonds. The minimum absolute atomic E-state index is 0.769. The van der Waals surface area contributed by atoms with Crippen molar-refractivity contribution in [1.82, 2.24) is 0 Å². The summed E-state index contributed by atoms with van der Waals surface area (Å²) in [7, 11) is 0. The molecule has 0 radical (unpaired) electrons. The second-order valence-corrected chi connectivity index (χ2v) is 4.21. The first-order valence-electron chi connectivity index (χ1n) is 5.19. The quantitative estimate of drug-likeness (QED) is 0.693. The Kier molecular flexibility index (Phi) is 2.66. The molecule has 0 aromatic heterocycles. The molecule has 2 atom stereocenters. The van der Waals surface area contributed by atoms with Gasteiger partial charge in [0.2, 0.25) is 0 Å². The number of ether oxygens (including phenoxy) is 1. The van der Waals surface area contributed by atoms with Gasteiger partial charge in [-0.1, -0.05) is 0 Å². The molecule has 0 spiro atoms. The molecule has 2 heteroatoms. The van der Waals surface area contributed by atoms with Crippen LogP contribution in [0.25, 0.3) is 0 Å². The van der Waals surface area contributed by atoms with E-state index in [9.17, 15) is 0 Å². The van der Waals surface area contributed by atoms with Gasteiger partial charge in [0, 0.05) is 13.2 Å². The average molecular weight is 169 g/mol. The summed E-state index contributed by atoms with van der Waals surface area (Å²) in [5.41, 5.74) is 5.79. The van der Waals surface area contributed by atoms with E-state index in [0.29, 0.717) is 0 Å². The van der Waals surface area contributed by atoms with Crippen molar-refractivity contribution in [2.24, 2.45) is 23.5 Å². The zero-order valence-corrected chi connectivity index (χ0v) is 7.67. The van der Waals surface area contributed by atoms with Crippen molar-refractivity contribution in [2.75, 3.05) is 19.8 Å². The summed E-state index contributed by atoms with van der Waals surface area (Å²) >= 11 is 0. The smallest absolute Gasteiger partial charge is 0.0497 e. The lowest BCUT2D eigenvalue weighted by molar-refractivity contribution is 0.0276. The largest absolute Gasteiger partial charge is 0.381 e. The molecule has 2 aliphatic rings. The van der Waals surface area contributed by atoms with Gasteiger partial charge in [-0.15, -0.1) is 0 Å². The molecule has 1 saturated carbocycles. The standard InChI is InChI=1S/C10H19NO/c11-6-10(8-3-4-8)9-2-1-5-12-7-9/h8-10H,1-7,11H2. The Morgan fingerprint density at radius 2 is 2.08 bits per heavy atom. The van der Waals surface area contributed by atoms with Crippen LogP contribution in [0.4, 0.5) is 0 Å². The lowest BCUT2D eigenvalue weighted by Crippen LogP contribution is -2.31. The van der Waals surface area contributed by atoms with Crippen LogP contribution in [0, 0.1) is 17.8 Å². The second kappa shape index (κ2) is 3.75. The third-order valence-corrected chi connectivity index (χ3v) is 3.30. The Morgan fingerprint density at radius 3 is 2.58 bits per heavy atom. The van der Waals surface area contributed by atoms with Crippen molar-refractivity contribution < 1.29 is 4.74 Å². The zero-order valence-electron chi connectivity index (χ0n) is 7.67. The molecule has 0 aromatic rings. The molecule has 2 unspecified atom stereocenters. The number of hydrogen-bond acceptors (Lipinski definition) is 2. The van der Waals surface area contributed by atoms with E-state index in [-0.39, 0.29) is 0 Å². The van der Waals surface area contributed by atoms with Crippen molar-refractivity contribution in [3.63, 3.8) is 0 Å². The minimum atomic E-state index is 0.769. The molecule has 2 nitrogen and oxygen atoms in total. The third kappa shape index (κ3) is 1.80. The average Bonchev–Trinajstić information content (AvgIpc) is 2.92. The summed E-state index contributed by atoms with van der Waals surface area (Å²) in [6.07, 6.45) is 5.42. The molecule has 1 aliphatic carbocycles. The van der Waals surface area contributed by atoms with Crippen molar-refractivity contribution in [1.29, 1.82) is 0 Å². The molecule has 1 aliphatic heterocycles. The summed E-state index contributed by atoms with van der Waals surface area (Å²) in [5, 5.41) is 0. The van der Waals surface area contributed by atoms with Gasteiger partial charge in [0.15, 0.2) is 0 Å². The molecule has 2 fully saturated rings. The van der Waals surface area contributed by atoms with E-state index in [4.69, 9.17) is 10.5 Å². The van der Waals surface area contributed by atoms with Crippen molar-refractivity contribution in [3.05, 3.63) is 0 Å². The number of hydrogen-bond donors (Lipinski definition) is 1. The highest BCUT2D eigenvalue weighted by Crippen LogP contribution is 2.41. The zero-order chi connectivity index (χ0) is 8.39. The molecule has 2 N–H and O–H groups in total. The first-order valence-corrected chi connectivity index (χ1v) is 5.19. The first kappa shape index (κ1) is 8.52. The summed E-state index contributed by atoms with van der Waals surface area (Å²) in [6.45, 7) is 2.81. The molecule has 0 aromatic carbocycles. The van der Waals surface area contributed by atoms with Crippen LogP contribution in [0.5, 0.6) is 0 Å². The van der Waals surface area contributed by atoms with Crippen LogP contribution in [-0.2, 0) is 4.74 Å². The van der Waals surface area contributed by atoms with Gasteiger partial charge < -0.3 is 10.5 Å². The van der Waals surface area contributed by atoms with Crippen LogP contribution in [0.15, 0.2) is 0 Å². The minimum Gasteiger partial charge on any atom is -0.381 e. The Morgan fingerprint density at radius 1 is 1.25 bits per heavy atom. The molecule has 1 heterocycles. The highest BCUT2D eigenvalue weighted by molar-refractivity contribution is 4.86. The molecular formula is C10H19NO. The fourth-order valence-electron chi connectivity index (χ4n) is 2.40. The summed E-state index contributed by atoms with van der Waals surface area (Å²) in [6, 6.07) is 0. The predicted molar refractivity (Wildman–Crippen MR) is 48.8 cm³/mol. The van der Waals surface area contributed by atoms with Crippen LogP contribution in [0.1, 0.15) is 25.7 Å². The monoisotopic (exact) mass is 169 g/mol. The van der Waals surface area contributed by atoms with Gasteiger partial charge >= 0.3 is 0 Å². The first-order chi connectivity index (χ1) is 5.92. The molecule has 0 bridgehead atoms. The van der Waals surface area contributed by atoms with E-state index in [0.717, 1.165) is 37.5 Å². The van der Waals surface area contributed by atoms with E-state index in [1.807, 2.05) is 0 Å². The molecule has 70 valence electrons. The van der Waals surface area contributed by atoms with Gasteiger partial charge in [-0.05, 0) is 50.0 Å². The van der Waals surface area contributed by atoms with Gasteiger partial charge in [0.05, 0.1) is 0 Å². The maximum Gasteiger partial charge on any atom is 0.0497 e. The Labute approximate surface area is 74.5 Å². The van der Waals surface area contributed by atoms with Crippen LogP contribution in [0.2, 0.25) is 0 Å². The van der Waals surface area contributed by atoms with Gasteiger partial charge in [0.1, 0.15) is 0 Å². The van der Waals surface area contributed by atoms with Crippen LogP contribution in [-0.4, -0.2) is 19.8 Å². The molecule has 2 rings (SSSR count). The highest BCUT2D eigenvalue weighted by Gasteiger charge is 2.36. The fraction of sp³-hybridized carbons (Fsp3) is 1.00. The second-order valence-electron chi connectivity index (χ2n) is 4.21. The van der Waals surface area contributed by atoms with E-state index in [2.05, 4.69) is 0 Å². The van der Waals surface area contributed by atoms with Gasteiger partial charge in [-0.2, -0.15) is 0 Å². The third-order valence-electron chi connectivity index (χ3n) is 3.30. The highest BCUT2D eigenvalue weighted by atomic mass is 16.5. The fourth-order valence-corrected chi connectivity index (χ4v) is 2.40. The Hall–Kier alpha value is -0.0800. The van der Waals surface area contributed by atoms with E-state index >= 15 is 0 Å². The normalized spacial score (nSPS) is 33.2. The van der Waals surface area contributed by atoms with E-state index < -0.39 is 0 Å². The van der Waals surface area contributed by atoms with Crippen LogP contribution < -0.4 is 5.73 Å². The van der Waals surface area contributed by atoms with Gasteiger partial charge in [-0.3, -0.25) is 0 Å². The summed E-state index contributed by atoms with van der Waals surface area (Å²) < 4.78 is 5.49. The Balaban J connectivity index is 1.85. The topological polar surface area (TPSA) is 35.2 Å². The van der Waals surface area contributed by atoms with Gasteiger partial charge in [0.25, 0.3) is 0 Å². The van der Waals surface area contributed by atoms with Crippen molar-refractivity contribution in [3.8, 4) is 0 Å². The van der Waals surface area contributed by atoms with Crippen LogP contribution >= 0.6 is 0 Å². The molecule has 1 saturated heterocycles. The summed E-state index contributed by atoms with van der Waals surface area (Å²) in [5.74, 6) is 2.49. The SMILES string of the molecule is NCC(C1CC1)C1CCCOC1. The number of nitrogens with two attached hydrogens (primary N) is 1. The molecule has 12 heavy (non-hydrogen) atoms. The summed E-state index contributed by atoms with van der Waals surface area (Å²) in [4.78, 5) is 0. The van der Waals surface area contributed by atoms with E-state index in [1.165, 1.54) is 25.7 Å². The maximum atomic E-state index is 5.79. The molecular weight excluding hydrogens is 150 g/mol. The van der Waals surface area contributed by atoms with Crippen molar-refractivity contribution >= 4 is 0 Å². The van der Waals surface area contributed by atoms with Crippen LogP contribution in [0.3, 0.4) is 0 Å².